The summed E-state index contributed by atoms with van der Waals surface area (Å²) in [5, 5.41) is 20.7. The van der Waals surface area contributed by atoms with Crippen LogP contribution in [-0.4, -0.2) is 57.2 Å². The van der Waals surface area contributed by atoms with E-state index in [0.717, 1.165) is 38.5 Å². The van der Waals surface area contributed by atoms with E-state index in [1.165, 1.54) is 6.42 Å². The lowest BCUT2D eigenvalue weighted by Gasteiger charge is -2.55. The highest BCUT2D eigenvalue weighted by molar-refractivity contribution is 5.10. The largest absolute Gasteiger partial charge is 0.393 e. The van der Waals surface area contributed by atoms with Gasteiger partial charge >= 0.3 is 0 Å². The molecule has 0 unspecified atom stereocenters. The smallest absolute Gasteiger partial charge is 0.128 e. The highest BCUT2D eigenvalue weighted by Gasteiger charge is 2.45. The Morgan fingerprint density at radius 1 is 1.12 bits per heavy atom. The van der Waals surface area contributed by atoms with Crippen LogP contribution in [-0.2, 0) is 4.74 Å². The lowest BCUT2D eigenvalue weighted by molar-refractivity contribution is -0.117. The summed E-state index contributed by atoms with van der Waals surface area (Å²) in [5.41, 5.74) is -0.796. The summed E-state index contributed by atoms with van der Waals surface area (Å²) in [6.07, 6.45) is 11.5. The van der Waals surface area contributed by atoms with E-state index in [-0.39, 0.29) is 23.8 Å². The van der Waals surface area contributed by atoms with E-state index in [0.29, 0.717) is 6.54 Å². The Balaban J connectivity index is 1.95. The number of rotatable bonds is 5. The summed E-state index contributed by atoms with van der Waals surface area (Å²) >= 11 is 0. The van der Waals surface area contributed by atoms with Crippen molar-refractivity contribution >= 4 is 0 Å². The molecule has 1 atom stereocenters. The molecule has 24 heavy (non-hydrogen) atoms. The molecule has 1 aliphatic carbocycles. The first-order valence-corrected chi connectivity index (χ1v) is 9.36. The third kappa shape index (κ3) is 4.52. The number of β-amino-alcohol motifs (C(OH)–C–C–N with tert-alkyl or cyclic N) is 1. The van der Waals surface area contributed by atoms with Crippen LogP contribution in [0.3, 0.4) is 0 Å². The number of nitrogens with zero attached hydrogens (tertiary/aromatic N) is 1. The van der Waals surface area contributed by atoms with Crippen molar-refractivity contribution in [2.24, 2.45) is 0 Å². The number of aliphatic hydroxyl groups is 2. The molecule has 1 heterocycles. The van der Waals surface area contributed by atoms with Gasteiger partial charge in [0.2, 0.25) is 0 Å². The fourth-order valence-electron chi connectivity index (χ4n) is 4.73. The lowest BCUT2D eigenvalue weighted by atomic mass is 9.78. The number of piperidine rings is 1. The number of hydrogen-bond donors (Lipinski definition) is 2. The minimum atomic E-state index is -0.578. The van der Waals surface area contributed by atoms with Crippen molar-refractivity contribution in [3.8, 4) is 12.3 Å². The number of likely N-dealkylation sites (tertiary alicyclic amines) is 1. The van der Waals surface area contributed by atoms with Gasteiger partial charge in [-0.15, -0.1) is 6.42 Å². The average Bonchev–Trinajstić information content (AvgIpc) is 2.49. The molecular formula is C20H35NO3. The minimum absolute atomic E-state index is 0.156. The van der Waals surface area contributed by atoms with Crippen LogP contribution < -0.4 is 0 Å². The van der Waals surface area contributed by atoms with Gasteiger partial charge in [-0.2, -0.15) is 0 Å². The third-order valence-electron chi connectivity index (χ3n) is 5.80. The van der Waals surface area contributed by atoms with E-state index >= 15 is 0 Å². The predicted octanol–water partition coefficient (Wildman–Crippen LogP) is 2.71. The van der Waals surface area contributed by atoms with Gasteiger partial charge in [0.1, 0.15) is 5.60 Å². The second-order valence-corrected chi connectivity index (χ2v) is 8.96. The molecule has 4 heteroatoms. The molecule has 2 rings (SSSR count). The van der Waals surface area contributed by atoms with Gasteiger partial charge in [0, 0.05) is 17.6 Å². The zero-order valence-electron chi connectivity index (χ0n) is 15.8. The molecule has 0 aromatic heterocycles. The van der Waals surface area contributed by atoms with E-state index in [4.69, 9.17) is 11.2 Å². The Kier molecular flexibility index (Phi) is 6.03. The van der Waals surface area contributed by atoms with Gasteiger partial charge < -0.3 is 14.9 Å². The summed E-state index contributed by atoms with van der Waals surface area (Å²) in [4.78, 5) is 2.31. The maximum atomic E-state index is 10.6. The molecule has 1 saturated carbocycles. The minimum Gasteiger partial charge on any atom is -0.393 e. The molecule has 2 aliphatic rings. The molecule has 0 aromatic carbocycles. The molecule has 0 radical (unpaired) electrons. The number of terminal acetylenes is 1. The molecule has 0 amide bonds. The zero-order valence-corrected chi connectivity index (χ0v) is 15.8. The van der Waals surface area contributed by atoms with E-state index in [1.54, 1.807) is 0 Å². The second kappa shape index (κ2) is 7.33. The maximum absolute atomic E-state index is 10.6. The van der Waals surface area contributed by atoms with Crippen LogP contribution in [0.15, 0.2) is 0 Å². The van der Waals surface area contributed by atoms with Gasteiger partial charge in [0.05, 0.1) is 18.8 Å². The molecule has 0 bridgehead atoms. The topological polar surface area (TPSA) is 52.9 Å². The molecule has 1 aliphatic heterocycles. The quantitative estimate of drug-likeness (QED) is 0.758. The van der Waals surface area contributed by atoms with Crippen molar-refractivity contribution in [1.29, 1.82) is 0 Å². The number of ether oxygens (including phenoxy) is 1. The Hall–Kier alpha value is -0.600. The fourth-order valence-corrected chi connectivity index (χ4v) is 4.73. The summed E-state index contributed by atoms with van der Waals surface area (Å²) in [6, 6.07) is 0. The Bertz CT molecular complexity index is 442. The molecule has 1 saturated heterocycles. The maximum Gasteiger partial charge on any atom is 0.128 e. The van der Waals surface area contributed by atoms with E-state index in [2.05, 4.69) is 38.5 Å². The zero-order chi connectivity index (χ0) is 18.0. The lowest BCUT2D eigenvalue weighted by Crippen LogP contribution is -2.63. The summed E-state index contributed by atoms with van der Waals surface area (Å²) < 4.78 is 6.02. The van der Waals surface area contributed by atoms with Gasteiger partial charge in [0.25, 0.3) is 0 Å². The van der Waals surface area contributed by atoms with Crippen molar-refractivity contribution in [3.05, 3.63) is 0 Å². The first-order valence-electron chi connectivity index (χ1n) is 9.36. The first-order chi connectivity index (χ1) is 11.1. The van der Waals surface area contributed by atoms with Gasteiger partial charge in [-0.1, -0.05) is 12.3 Å². The molecule has 138 valence electrons. The molecule has 2 fully saturated rings. The highest BCUT2D eigenvalue weighted by Crippen LogP contribution is 2.38. The monoisotopic (exact) mass is 337 g/mol. The number of aliphatic hydroxyl groups excluding tert-OH is 2. The van der Waals surface area contributed by atoms with Crippen LogP contribution in [0.1, 0.15) is 72.6 Å². The second-order valence-electron chi connectivity index (χ2n) is 8.96. The number of hydrogen-bond acceptors (Lipinski definition) is 4. The van der Waals surface area contributed by atoms with Crippen LogP contribution in [0, 0.1) is 12.3 Å². The van der Waals surface area contributed by atoms with E-state index in [1.807, 2.05) is 0 Å². The third-order valence-corrected chi connectivity index (χ3v) is 5.80. The summed E-state index contributed by atoms with van der Waals surface area (Å²) in [5.74, 6) is 2.83. The standard InChI is InChI=1S/C20H35NO3/c1-6-20(10-8-7-9-11-20)24-15-17(23)14-21-18(2,3)12-16(22)13-19(21,4)5/h1,16-17,22-23H,7-15H2,2-5H3/t17-/m0/s1. The molecule has 0 aromatic rings. The van der Waals surface area contributed by atoms with Crippen LogP contribution in [0.25, 0.3) is 0 Å². The average molecular weight is 338 g/mol. The highest BCUT2D eigenvalue weighted by atomic mass is 16.5. The van der Waals surface area contributed by atoms with Crippen LogP contribution in [0.5, 0.6) is 0 Å². The van der Waals surface area contributed by atoms with Crippen LogP contribution in [0.4, 0.5) is 0 Å². The van der Waals surface area contributed by atoms with Crippen molar-refractivity contribution in [3.63, 3.8) is 0 Å². The Labute approximate surface area is 147 Å². The van der Waals surface area contributed by atoms with Crippen molar-refractivity contribution in [1.82, 2.24) is 4.90 Å². The molecule has 4 nitrogen and oxygen atoms in total. The van der Waals surface area contributed by atoms with Crippen LogP contribution >= 0.6 is 0 Å². The van der Waals surface area contributed by atoms with Crippen LogP contribution in [0.2, 0.25) is 0 Å². The van der Waals surface area contributed by atoms with Crippen molar-refractivity contribution < 1.29 is 14.9 Å². The van der Waals surface area contributed by atoms with Gasteiger partial charge in [-0.3, -0.25) is 4.90 Å². The van der Waals surface area contributed by atoms with Crippen molar-refractivity contribution in [2.75, 3.05) is 13.2 Å². The summed E-state index contributed by atoms with van der Waals surface area (Å²) in [7, 11) is 0. The molecule has 2 N–H and O–H groups in total. The SMILES string of the molecule is C#CC1(OC[C@@H](O)CN2C(C)(C)CC(O)CC2(C)C)CCCCC1. The van der Waals surface area contributed by atoms with Gasteiger partial charge in [0.15, 0.2) is 0 Å². The van der Waals surface area contributed by atoms with Gasteiger partial charge in [-0.05, 0) is 66.2 Å². The van der Waals surface area contributed by atoms with Gasteiger partial charge in [-0.25, -0.2) is 0 Å². The molecular weight excluding hydrogens is 302 g/mol. The fraction of sp³-hybridized carbons (Fsp3) is 0.900. The first kappa shape index (κ1) is 19.7. The predicted molar refractivity (Wildman–Crippen MR) is 96.7 cm³/mol. The Morgan fingerprint density at radius 3 is 2.17 bits per heavy atom. The van der Waals surface area contributed by atoms with E-state index in [9.17, 15) is 10.2 Å². The Morgan fingerprint density at radius 2 is 1.67 bits per heavy atom. The molecule has 0 spiro atoms. The van der Waals surface area contributed by atoms with E-state index < -0.39 is 11.7 Å². The van der Waals surface area contributed by atoms with Crippen molar-refractivity contribution in [2.45, 2.75) is 102 Å². The summed E-state index contributed by atoms with van der Waals surface area (Å²) in [6.45, 7) is 9.34. The normalized spacial score (nSPS) is 28.2.